The van der Waals surface area contributed by atoms with E-state index in [0.29, 0.717) is 5.82 Å². The second-order valence-corrected chi connectivity index (χ2v) is 3.32. The van der Waals surface area contributed by atoms with Gasteiger partial charge < -0.3 is 24.2 Å². The largest absolute Gasteiger partial charge is 0.435 e. The van der Waals surface area contributed by atoms with E-state index in [4.69, 9.17) is 9.26 Å². The van der Waals surface area contributed by atoms with Gasteiger partial charge in [0.05, 0.1) is 0 Å². The average Bonchev–Trinajstić information content (AvgIpc) is 2.78. The van der Waals surface area contributed by atoms with E-state index in [1.165, 1.54) is 0 Å². The van der Waals surface area contributed by atoms with Crippen LogP contribution in [-0.2, 0) is 14.3 Å². The molecule has 2 N–H and O–H groups in total. The zero-order valence-corrected chi connectivity index (χ0v) is 8.31. The van der Waals surface area contributed by atoms with Crippen molar-refractivity contribution in [2.24, 2.45) is 0 Å². The lowest BCUT2D eigenvalue weighted by Crippen LogP contribution is -2.31. The van der Waals surface area contributed by atoms with Crippen LogP contribution in [-0.4, -0.2) is 45.3 Å². The minimum atomic E-state index is -1.34. The molecule has 1 aliphatic heterocycles. The van der Waals surface area contributed by atoms with Crippen molar-refractivity contribution >= 4 is 6.47 Å². The fourth-order valence-corrected chi connectivity index (χ4v) is 1.45. The number of rotatable bonds is 3. The Morgan fingerprint density at radius 2 is 2.19 bits per heavy atom. The Morgan fingerprint density at radius 1 is 1.44 bits per heavy atom. The van der Waals surface area contributed by atoms with Crippen LogP contribution in [0.1, 0.15) is 17.8 Å². The molecule has 1 aromatic rings. The molecule has 0 spiro atoms. The third kappa shape index (κ3) is 1.77. The Labute approximate surface area is 89.8 Å². The van der Waals surface area contributed by atoms with E-state index in [9.17, 15) is 15.0 Å². The summed E-state index contributed by atoms with van der Waals surface area (Å²) in [5.74, 6) is 0.404. The van der Waals surface area contributed by atoms with Crippen LogP contribution < -0.4 is 0 Å². The molecule has 88 valence electrons. The zero-order valence-electron chi connectivity index (χ0n) is 8.31. The first-order chi connectivity index (χ1) is 7.63. The molecule has 0 saturated carbocycles. The molecule has 1 aliphatic rings. The van der Waals surface area contributed by atoms with E-state index >= 15 is 0 Å². The number of carbonyl (C=O) groups excluding carboxylic acids is 1. The van der Waals surface area contributed by atoms with Crippen molar-refractivity contribution < 1.29 is 29.0 Å². The standard InChI is InChI=1S/C8H10N2O6/c1-3-9-7(16-10-3)6-4(12)5(13)8(15-6)14-2-11/h2,4-6,8,12-13H,1H3. The highest BCUT2D eigenvalue weighted by Crippen LogP contribution is 2.32. The maximum Gasteiger partial charge on any atom is 0.295 e. The van der Waals surface area contributed by atoms with Gasteiger partial charge in [-0.3, -0.25) is 4.79 Å². The molecule has 8 nitrogen and oxygen atoms in total. The monoisotopic (exact) mass is 230 g/mol. The minimum absolute atomic E-state index is 0.0287. The number of aryl methyl sites for hydroxylation is 1. The number of nitrogens with zero attached hydrogens (tertiary/aromatic N) is 2. The van der Waals surface area contributed by atoms with Crippen LogP contribution in [0.4, 0.5) is 0 Å². The summed E-state index contributed by atoms with van der Waals surface area (Å²) in [4.78, 5) is 14.0. The summed E-state index contributed by atoms with van der Waals surface area (Å²) in [5, 5.41) is 22.6. The first-order valence-electron chi connectivity index (χ1n) is 4.54. The van der Waals surface area contributed by atoms with Crippen LogP contribution >= 0.6 is 0 Å². The van der Waals surface area contributed by atoms with Crippen molar-refractivity contribution in [1.82, 2.24) is 10.1 Å². The van der Waals surface area contributed by atoms with Crippen LogP contribution in [0.5, 0.6) is 0 Å². The van der Waals surface area contributed by atoms with Crippen molar-refractivity contribution in [2.75, 3.05) is 0 Å². The number of aliphatic hydroxyl groups is 2. The van der Waals surface area contributed by atoms with Crippen molar-refractivity contribution in [3.8, 4) is 0 Å². The Bertz CT molecular complexity index is 380. The van der Waals surface area contributed by atoms with E-state index in [2.05, 4.69) is 14.9 Å². The molecular formula is C8H10N2O6. The van der Waals surface area contributed by atoms with Gasteiger partial charge in [-0.05, 0) is 6.92 Å². The summed E-state index contributed by atoms with van der Waals surface area (Å²) < 4.78 is 14.3. The highest BCUT2D eigenvalue weighted by atomic mass is 16.7. The van der Waals surface area contributed by atoms with Crippen LogP contribution in [0.3, 0.4) is 0 Å². The van der Waals surface area contributed by atoms with Crippen molar-refractivity contribution in [3.05, 3.63) is 11.7 Å². The highest BCUT2D eigenvalue weighted by Gasteiger charge is 2.47. The van der Waals surface area contributed by atoms with Gasteiger partial charge >= 0.3 is 0 Å². The van der Waals surface area contributed by atoms with E-state index in [1.54, 1.807) is 6.92 Å². The summed E-state index contributed by atoms with van der Waals surface area (Å²) in [7, 11) is 0. The second-order valence-electron chi connectivity index (χ2n) is 3.32. The molecule has 8 heteroatoms. The molecule has 2 heterocycles. The molecule has 2 rings (SSSR count). The smallest absolute Gasteiger partial charge is 0.295 e. The molecule has 4 unspecified atom stereocenters. The average molecular weight is 230 g/mol. The van der Waals surface area contributed by atoms with E-state index in [-0.39, 0.29) is 12.4 Å². The van der Waals surface area contributed by atoms with Gasteiger partial charge in [0.15, 0.2) is 11.9 Å². The lowest BCUT2D eigenvalue weighted by Gasteiger charge is -2.10. The van der Waals surface area contributed by atoms with Gasteiger partial charge in [0, 0.05) is 0 Å². The van der Waals surface area contributed by atoms with E-state index in [0.717, 1.165) is 0 Å². The predicted molar refractivity (Wildman–Crippen MR) is 45.8 cm³/mol. The van der Waals surface area contributed by atoms with Gasteiger partial charge in [-0.25, -0.2) is 0 Å². The normalized spacial score (nSPS) is 33.9. The van der Waals surface area contributed by atoms with Crippen molar-refractivity contribution in [1.29, 1.82) is 0 Å². The van der Waals surface area contributed by atoms with Gasteiger partial charge in [0.25, 0.3) is 12.4 Å². The van der Waals surface area contributed by atoms with E-state index < -0.39 is 24.6 Å². The molecule has 1 saturated heterocycles. The first-order valence-corrected chi connectivity index (χ1v) is 4.54. The minimum Gasteiger partial charge on any atom is -0.435 e. The molecule has 0 amide bonds. The van der Waals surface area contributed by atoms with Gasteiger partial charge in [-0.1, -0.05) is 5.16 Å². The number of aliphatic hydroxyl groups excluding tert-OH is 2. The summed E-state index contributed by atoms with van der Waals surface area (Å²) in [5.41, 5.74) is 0. The number of hydrogen-bond donors (Lipinski definition) is 2. The van der Waals surface area contributed by atoms with E-state index in [1.807, 2.05) is 0 Å². The summed E-state index contributed by atoms with van der Waals surface area (Å²) in [6.45, 7) is 1.73. The quantitative estimate of drug-likeness (QED) is 0.614. The number of aromatic nitrogens is 2. The second kappa shape index (κ2) is 4.16. The van der Waals surface area contributed by atoms with Crippen molar-refractivity contribution in [3.63, 3.8) is 0 Å². The first kappa shape index (κ1) is 11.0. The molecular weight excluding hydrogens is 220 g/mol. The van der Waals surface area contributed by atoms with Gasteiger partial charge in [-0.15, -0.1) is 0 Å². The summed E-state index contributed by atoms with van der Waals surface area (Å²) in [6.07, 6.45) is -4.86. The predicted octanol–water partition coefficient (Wildman–Crippen LogP) is -1.33. The van der Waals surface area contributed by atoms with Gasteiger partial charge in [0.1, 0.15) is 12.2 Å². The molecule has 1 aromatic heterocycles. The summed E-state index contributed by atoms with van der Waals surface area (Å²) >= 11 is 0. The van der Waals surface area contributed by atoms with Crippen LogP contribution in [0.2, 0.25) is 0 Å². The molecule has 1 fully saturated rings. The Kier molecular flexibility index (Phi) is 2.86. The third-order valence-corrected chi connectivity index (χ3v) is 2.20. The number of hydrogen-bond acceptors (Lipinski definition) is 8. The Balaban J connectivity index is 2.15. The highest BCUT2D eigenvalue weighted by molar-refractivity contribution is 5.37. The Hall–Kier alpha value is -1.51. The third-order valence-electron chi connectivity index (χ3n) is 2.20. The molecule has 16 heavy (non-hydrogen) atoms. The van der Waals surface area contributed by atoms with Gasteiger partial charge in [-0.2, -0.15) is 4.98 Å². The van der Waals surface area contributed by atoms with Crippen LogP contribution in [0, 0.1) is 6.92 Å². The van der Waals surface area contributed by atoms with Crippen LogP contribution in [0.15, 0.2) is 4.52 Å². The molecule has 0 bridgehead atoms. The fraction of sp³-hybridized carbons (Fsp3) is 0.625. The molecule has 4 atom stereocenters. The number of carbonyl (C=O) groups is 1. The molecule has 0 radical (unpaired) electrons. The maximum atomic E-state index is 10.1. The summed E-state index contributed by atoms with van der Waals surface area (Å²) in [6, 6.07) is 0. The SMILES string of the molecule is Cc1noc(C2OC(OC=O)C(O)C2O)n1. The van der Waals surface area contributed by atoms with Crippen molar-refractivity contribution in [2.45, 2.75) is 31.5 Å². The molecule has 0 aliphatic carbocycles. The van der Waals surface area contributed by atoms with Gasteiger partial charge in [0.2, 0.25) is 6.29 Å². The zero-order chi connectivity index (χ0) is 11.7. The lowest BCUT2D eigenvalue weighted by molar-refractivity contribution is -0.176. The Morgan fingerprint density at radius 3 is 2.75 bits per heavy atom. The van der Waals surface area contributed by atoms with Crippen LogP contribution in [0.25, 0.3) is 0 Å². The molecule has 0 aromatic carbocycles. The topological polar surface area (TPSA) is 115 Å². The lowest BCUT2D eigenvalue weighted by atomic mass is 10.1. The fourth-order valence-electron chi connectivity index (χ4n) is 1.45. The maximum absolute atomic E-state index is 10.1. The number of ether oxygens (including phenoxy) is 2.